The van der Waals surface area contributed by atoms with Crippen LogP contribution in [0.2, 0.25) is 0 Å². The first kappa shape index (κ1) is 20.2. The molecule has 0 aliphatic carbocycles. The van der Waals surface area contributed by atoms with Crippen molar-refractivity contribution < 1.29 is 99.3 Å². The summed E-state index contributed by atoms with van der Waals surface area (Å²) in [4.78, 5) is 19.5. The van der Waals surface area contributed by atoms with E-state index in [2.05, 4.69) is 0 Å². The molecule has 0 aliphatic rings. The zero-order chi connectivity index (χ0) is 10.2. The van der Waals surface area contributed by atoms with Gasteiger partial charge in [0.2, 0.25) is 0 Å². The predicted octanol–water partition coefficient (Wildman–Crippen LogP) is -12.1. The second-order valence-corrected chi connectivity index (χ2v) is 1.92. The summed E-state index contributed by atoms with van der Waals surface area (Å²) >= 11 is 0. The maximum absolute atomic E-state index is 9.75. The molecule has 0 aromatic heterocycles. The van der Waals surface area contributed by atoms with Crippen molar-refractivity contribution in [3.05, 3.63) is 0 Å². The van der Waals surface area contributed by atoms with Crippen LogP contribution in [0.1, 0.15) is 0 Å². The van der Waals surface area contributed by atoms with E-state index in [1.165, 1.54) is 0 Å². The molecule has 8 nitrogen and oxygen atoms in total. The van der Waals surface area contributed by atoms with Gasteiger partial charge in [0.05, 0.1) is 0 Å². The Morgan fingerprint density at radius 2 is 0.929 bits per heavy atom. The summed E-state index contributed by atoms with van der Waals surface area (Å²) < 4.78 is 0. The van der Waals surface area contributed by atoms with Gasteiger partial charge in [-0.25, -0.2) is 0 Å². The molecule has 14 heavy (non-hydrogen) atoms. The number of carbonyl (C=O) groups is 2. The van der Waals surface area contributed by atoms with Gasteiger partial charge in [0, 0.05) is 0 Å². The maximum atomic E-state index is 9.75. The molecule has 0 spiro atoms. The number of hydrogen-bond donors (Lipinski definition) is 4. The van der Waals surface area contributed by atoms with Crippen LogP contribution in [-0.2, 0) is 9.59 Å². The topological polar surface area (TPSA) is 161 Å². The van der Waals surface area contributed by atoms with Crippen LogP contribution in [0.4, 0.5) is 0 Å². The average molecular weight is 226 g/mol. The molecule has 0 saturated heterocycles. The maximum Gasteiger partial charge on any atom is 1.00 e. The Morgan fingerprint density at radius 1 is 0.786 bits per heavy atom. The van der Waals surface area contributed by atoms with Crippen molar-refractivity contribution in [2.75, 3.05) is 0 Å². The Morgan fingerprint density at radius 3 is 1.00 bits per heavy atom. The molecule has 0 amide bonds. The van der Waals surface area contributed by atoms with Gasteiger partial charge in [-0.15, -0.1) is 0 Å². The summed E-state index contributed by atoms with van der Waals surface area (Å²) in [5.41, 5.74) is 0. The Kier molecular flexibility index (Phi) is 9.22. The van der Waals surface area contributed by atoms with Crippen LogP contribution in [-0.4, -0.2) is 43.9 Å². The summed E-state index contributed by atoms with van der Waals surface area (Å²) in [6.45, 7) is 0. The van der Waals surface area contributed by atoms with Crippen molar-refractivity contribution >= 4 is 11.9 Å². The van der Waals surface area contributed by atoms with E-state index in [1.807, 2.05) is 0 Å². The van der Waals surface area contributed by atoms with Gasteiger partial charge in [0.1, 0.15) is 11.9 Å². The van der Waals surface area contributed by atoms with Crippen LogP contribution in [0.5, 0.6) is 0 Å². The molecular formula is C4H4Na2O8. The predicted molar refractivity (Wildman–Crippen MR) is 24.4 cm³/mol. The molecule has 0 aliphatic heterocycles. The molecule has 0 radical (unpaired) electrons. The fraction of sp³-hybridized carbons (Fsp3) is 0.500. The van der Waals surface area contributed by atoms with Gasteiger partial charge in [-0.1, -0.05) is 0 Å². The zero-order valence-corrected chi connectivity index (χ0v) is 11.4. The van der Waals surface area contributed by atoms with Crippen molar-refractivity contribution in [1.82, 2.24) is 0 Å². The third-order valence-electron chi connectivity index (χ3n) is 1.06. The van der Waals surface area contributed by atoms with Gasteiger partial charge < -0.3 is 40.2 Å². The van der Waals surface area contributed by atoms with Crippen molar-refractivity contribution in [1.29, 1.82) is 0 Å². The Balaban J connectivity index is -0.000000605. The van der Waals surface area contributed by atoms with E-state index in [4.69, 9.17) is 20.4 Å². The Labute approximate surface area is 122 Å². The third-order valence-corrected chi connectivity index (χ3v) is 1.06. The standard InChI is InChI=1S/C4H6O8.2Na/c5-1(6)3(9,10)4(11,12)2(7)8;;/h9-12H,(H,5,6)(H,7,8);;/q;2*+1/p-2. The number of carbonyl (C=O) groups excluding carboxylic acids is 2. The van der Waals surface area contributed by atoms with Crippen LogP contribution >= 0.6 is 0 Å². The average Bonchev–Trinajstić information content (AvgIpc) is 1.86. The van der Waals surface area contributed by atoms with Gasteiger partial charge in [0.25, 0.3) is 11.6 Å². The van der Waals surface area contributed by atoms with Crippen molar-refractivity contribution in [3.8, 4) is 0 Å². The minimum atomic E-state index is -4.33. The van der Waals surface area contributed by atoms with E-state index in [9.17, 15) is 19.8 Å². The molecule has 0 atom stereocenters. The van der Waals surface area contributed by atoms with Crippen LogP contribution in [0.15, 0.2) is 0 Å². The quantitative estimate of drug-likeness (QED) is 0.272. The van der Waals surface area contributed by atoms with Crippen molar-refractivity contribution in [2.24, 2.45) is 0 Å². The molecule has 0 aromatic carbocycles. The fourth-order valence-electron chi connectivity index (χ4n) is 0.285. The molecule has 4 N–H and O–H groups in total. The van der Waals surface area contributed by atoms with Crippen molar-refractivity contribution in [3.63, 3.8) is 0 Å². The van der Waals surface area contributed by atoms with Crippen LogP contribution in [0.3, 0.4) is 0 Å². The summed E-state index contributed by atoms with van der Waals surface area (Å²) in [5.74, 6) is -14.2. The molecular weight excluding hydrogens is 222 g/mol. The van der Waals surface area contributed by atoms with E-state index >= 15 is 0 Å². The van der Waals surface area contributed by atoms with E-state index in [-0.39, 0.29) is 59.1 Å². The molecule has 0 rings (SSSR count). The minimum Gasteiger partial charge on any atom is -0.544 e. The van der Waals surface area contributed by atoms with E-state index in [0.29, 0.717) is 0 Å². The normalized spacial score (nSPS) is 10.9. The molecule has 0 aromatic rings. The Bertz CT molecular complexity index is 199. The zero-order valence-electron chi connectivity index (χ0n) is 7.42. The molecule has 70 valence electrons. The first-order valence-electron chi connectivity index (χ1n) is 2.46. The summed E-state index contributed by atoms with van der Waals surface area (Å²) in [5, 5.41) is 52.6. The molecule has 0 saturated carbocycles. The van der Waals surface area contributed by atoms with Crippen LogP contribution < -0.4 is 69.3 Å². The fourth-order valence-corrected chi connectivity index (χ4v) is 0.285. The van der Waals surface area contributed by atoms with Gasteiger partial charge >= 0.3 is 59.1 Å². The molecule has 0 bridgehead atoms. The largest absolute Gasteiger partial charge is 1.00 e. The third kappa shape index (κ3) is 3.74. The van der Waals surface area contributed by atoms with Crippen molar-refractivity contribution in [2.45, 2.75) is 11.6 Å². The molecule has 0 unspecified atom stereocenters. The van der Waals surface area contributed by atoms with E-state index in [1.54, 1.807) is 0 Å². The summed E-state index contributed by atoms with van der Waals surface area (Å²) in [6, 6.07) is 0. The molecule has 10 heteroatoms. The van der Waals surface area contributed by atoms with Crippen LogP contribution in [0, 0.1) is 0 Å². The van der Waals surface area contributed by atoms with Gasteiger partial charge in [-0.2, -0.15) is 0 Å². The van der Waals surface area contributed by atoms with E-state index in [0.717, 1.165) is 0 Å². The number of carboxylic acids is 2. The smallest absolute Gasteiger partial charge is 0.544 e. The van der Waals surface area contributed by atoms with E-state index < -0.39 is 23.5 Å². The Hall–Kier alpha value is 0.780. The second kappa shape index (κ2) is 6.38. The SMILES string of the molecule is O=C([O-])C(O)(O)C(O)(O)C(=O)[O-].[Na+].[Na+]. The minimum absolute atomic E-state index is 0. The number of carboxylic acid groups (broad SMARTS) is 2. The molecule has 0 heterocycles. The van der Waals surface area contributed by atoms with Gasteiger partial charge in [-0.05, 0) is 0 Å². The second-order valence-electron chi connectivity index (χ2n) is 1.92. The summed E-state index contributed by atoms with van der Waals surface area (Å²) in [7, 11) is 0. The number of aliphatic hydroxyl groups is 4. The number of hydrogen-bond acceptors (Lipinski definition) is 8. The van der Waals surface area contributed by atoms with Gasteiger partial charge in [-0.3, -0.25) is 0 Å². The van der Waals surface area contributed by atoms with Crippen LogP contribution in [0.25, 0.3) is 0 Å². The first-order valence-corrected chi connectivity index (χ1v) is 2.46. The van der Waals surface area contributed by atoms with Gasteiger partial charge in [0.15, 0.2) is 0 Å². The number of rotatable bonds is 3. The monoisotopic (exact) mass is 226 g/mol. The summed E-state index contributed by atoms with van der Waals surface area (Å²) in [6.07, 6.45) is 0. The first-order chi connectivity index (χ1) is 5.14. The molecule has 0 fully saturated rings. The number of aliphatic carboxylic acids is 2.